The molecule has 1 aromatic carbocycles. The summed E-state index contributed by atoms with van der Waals surface area (Å²) in [6, 6.07) is 3.63. The summed E-state index contributed by atoms with van der Waals surface area (Å²) in [5.41, 5.74) is 0. The third kappa shape index (κ3) is 6.78. The summed E-state index contributed by atoms with van der Waals surface area (Å²) in [4.78, 5) is 36.7. The molecule has 9 nitrogen and oxygen atoms in total. The van der Waals surface area contributed by atoms with E-state index >= 15 is 0 Å². The topological polar surface area (TPSA) is 119 Å². The van der Waals surface area contributed by atoms with E-state index in [2.05, 4.69) is 9.46 Å². The van der Waals surface area contributed by atoms with Gasteiger partial charge in [0.2, 0.25) is 15.9 Å². The second-order valence-corrected chi connectivity index (χ2v) is 9.81. The highest BCUT2D eigenvalue weighted by atomic mass is 32.2. The summed E-state index contributed by atoms with van der Waals surface area (Å²) in [6.07, 6.45) is 1.48. The number of nitrogens with zero attached hydrogens (tertiary/aromatic N) is 1. The van der Waals surface area contributed by atoms with Crippen LogP contribution in [0.4, 0.5) is 4.39 Å². The van der Waals surface area contributed by atoms with Gasteiger partial charge in [-0.2, -0.15) is 4.72 Å². The zero-order valence-electron chi connectivity index (χ0n) is 17.9. The molecule has 1 fully saturated rings. The maximum atomic E-state index is 13.9. The number of hydrogen-bond donors (Lipinski definition) is 1. The van der Waals surface area contributed by atoms with Gasteiger partial charge in [0, 0.05) is 6.54 Å². The highest BCUT2D eigenvalue weighted by molar-refractivity contribution is 8.04. The average molecular weight is 489 g/mol. The van der Waals surface area contributed by atoms with Crippen molar-refractivity contribution in [3.8, 4) is 0 Å². The van der Waals surface area contributed by atoms with Gasteiger partial charge < -0.3 is 14.4 Å². The van der Waals surface area contributed by atoms with Gasteiger partial charge in [-0.15, -0.1) is 0 Å². The number of nitrogens with one attached hydrogen (secondary N) is 1. The van der Waals surface area contributed by atoms with Gasteiger partial charge >= 0.3 is 11.9 Å². The summed E-state index contributed by atoms with van der Waals surface area (Å²) in [6.45, 7) is 3.37. The number of ether oxygens (including phenoxy) is 2. The molecule has 12 heteroatoms. The Morgan fingerprint density at radius 1 is 1.31 bits per heavy atom. The van der Waals surface area contributed by atoms with Crippen LogP contribution in [0.25, 0.3) is 0 Å². The van der Waals surface area contributed by atoms with Crippen LogP contribution >= 0.6 is 11.8 Å². The SMILES string of the molecule is COC(=O)/C=C1/SCC(=O)N1CCCOC(=O)[C@@H](NS(=O)(=O)c1ccccc1F)C(C)C. The number of carbonyl (C=O) groups is 3. The van der Waals surface area contributed by atoms with Crippen molar-refractivity contribution in [3.63, 3.8) is 0 Å². The first kappa shape index (κ1) is 25.8. The molecule has 0 saturated carbocycles. The number of carbonyl (C=O) groups excluding carboxylic acids is 3. The molecule has 1 heterocycles. The first-order valence-electron chi connectivity index (χ1n) is 9.73. The van der Waals surface area contributed by atoms with Crippen molar-refractivity contribution in [2.24, 2.45) is 5.92 Å². The molecule has 32 heavy (non-hydrogen) atoms. The highest BCUT2D eigenvalue weighted by Gasteiger charge is 2.31. The summed E-state index contributed by atoms with van der Waals surface area (Å²) in [5, 5.41) is 0.450. The van der Waals surface area contributed by atoms with Crippen LogP contribution in [0.15, 0.2) is 40.3 Å². The molecule has 1 N–H and O–H groups in total. The van der Waals surface area contributed by atoms with Crippen LogP contribution in [0.2, 0.25) is 0 Å². The minimum atomic E-state index is -4.29. The lowest BCUT2D eigenvalue weighted by molar-refractivity contribution is -0.147. The van der Waals surface area contributed by atoms with Gasteiger partial charge in [0.15, 0.2) is 0 Å². The first-order valence-corrected chi connectivity index (χ1v) is 12.2. The molecule has 1 aliphatic rings. The van der Waals surface area contributed by atoms with Gasteiger partial charge in [-0.05, 0) is 24.5 Å². The Bertz CT molecular complexity index is 995. The zero-order chi connectivity index (χ0) is 23.9. The molecule has 1 aliphatic heterocycles. The third-order valence-corrected chi connectivity index (χ3v) is 6.95. The molecule has 0 spiro atoms. The largest absolute Gasteiger partial charge is 0.466 e. The van der Waals surface area contributed by atoms with E-state index in [0.29, 0.717) is 5.03 Å². The van der Waals surface area contributed by atoms with Crippen LogP contribution in [-0.4, -0.2) is 63.2 Å². The average Bonchev–Trinajstić information content (AvgIpc) is 3.08. The molecule has 2 rings (SSSR count). The number of benzene rings is 1. The Hall–Kier alpha value is -2.44. The van der Waals surface area contributed by atoms with Gasteiger partial charge in [0.25, 0.3) is 0 Å². The number of hydrogen-bond acceptors (Lipinski definition) is 8. The Morgan fingerprint density at radius 2 is 2.00 bits per heavy atom. The summed E-state index contributed by atoms with van der Waals surface area (Å²) < 4.78 is 50.9. The van der Waals surface area contributed by atoms with Gasteiger partial charge in [-0.25, -0.2) is 17.6 Å². The Kier molecular flexibility index (Phi) is 9.22. The lowest BCUT2D eigenvalue weighted by Crippen LogP contribution is -2.45. The summed E-state index contributed by atoms with van der Waals surface area (Å²) in [7, 11) is -3.05. The molecular weight excluding hydrogens is 463 g/mol. The minimum absolute atomic E-state index is 0.0799. The van der Waals surface area contributed by atoms with Crippen molar-refractivity contribution < 1.29 is 36.7 Å². The predicted molar refractivity (Wildman–Crippen MR) is 115 cm³/mol. The van der Waals surface area contributed by atoms with E-state index in [1.165, 1.54) is 42.0 Å². The third-order valence-electron chi connectivity index (χ3n) is 4.45. The highest BCUT2D eigenvalue weighted by Crippen LogP contribution is 2.28. The fourth-order valence-corrected chi connectivity index (χ4v) is 5.13. The first-order chi connectivity index (χ1) is 15.1. The van der Waals surface area contributed by atoms with Gasteiger partial charge in [0.05, 0.1) is 30.6 Å². The van der Waals surface area contributed by atoms with E-state index < -0.39 is 44.6 Å². The molecule has 0 aliphatic carbocycles. The van der Waals surface area contributed by atoms with Crippen LogP contribution in [0, 0.1) is 11.7 Å². The monoisotopic (exact) mass is 488 g/mol. The van der Waals surface area contributed by atoms with E-state index in [0.717, 1.165) is 12.1 Å². The number of esters is 2. The molecule has 176 valence electrons. The van der Waals surface area contributed by atoms with Gasteiger partial charge in [-0.1, -0.05) is 37.7 Å². The van der Waals surface area contributed by atoms with Crippen molar-refractivity contribution in [2.45, 2.75) is 31.2 Å². The molecule has 0 bridgehead atoms. The molecule has 1 aromatic rings. The zero-order valence-corrected chi connectivity index (χ0v) is 19.5. The van der Waals surface area contributed by atoms with E-state index in [9.17, 15) is 27.2 Å². The molecule has 1 saturated heterocycles. The van der Waals surface area contributed by atoms with Crippen molar-refractivity contribution >= 4 is 39.6 Å². The Balaban J connectivity index is 1.95. The number of halogens is 1. The second kappa shape index (κ2) is 11.4. The fourth-order valence-electron chi connectivity index (χ4n) is 2.76. The Labute approximate surface area is 190 Å². The van der Waals surface area contributed by atoms with E-state index in [1.54, 1.807) is 13.8 Å². The molecular formula is C20H25FN2O7S2. The van der Waals surface area contributed by atoms with E-state index in [1.807, 2.05) is 0 Å². The lowest BCUT2D eigenvalue weighted by Gasteiger charge is -2.21. The van der Waals surface area contributed by atoms with Crippen LogP contribution in [0.3, 0.4) is 0 Å². The maximum Gasteiger partial charge on any atom is 0.333 e. The van der Waals surface area contributed by atoms with Crippen molar-refractivity contribution in [2.75, 3.05) is 26.0 Å². The number of rotatable bonds is 10. The van der Waals surface area contributed by atoms with Gasteiger partial charge in [0.1, 0.15) is 16.8 Å². The summed E-state index contributed by atoms with van der Waals surface area (Å²) in [5.74, 6) is -2.78. The quantitative estimate of drug-likeness (QED) is 0.300. The van der Waals surface area contributed by atoms with Crippen molar-refractivity contribution in [3.05, 3.63) is 41.2 Å². The number of amides is 1. The fraction of sp³-hybridized carbons (Fsp3) is 0.450. The molecule has 0 unspecified atom stereocenters. The van der Waals surface area contributed by atoms with Gasteiger partial charge in [-0.3, -0.25) is 9.59 Å². The summed E-state index contributed by atoms with van der Waals surface area (Å²) >= 11 is 1.20. The normalized spacial score (nSPS) is 16.5. The van der Waals surface area contributed by atoms with Crippen molar-refractivity contribution in [1.29, 1.82) is 0 Å². The van der Waals surface area contributed by atoms with Crippen molar-refractivity contribution in [1.82, 2.24) is 9.62 Å². The molecule has 1 amide bonds. The molecule has 0 aromatic heterocycles. The predicted octanol–water partition coefficient (Wildman–Crippen LogP) is 1.65. The van der Waals surface area contributed by atoms with Crippen LogP contribution in [0.5, 0.6) is 0 Å². The molecule has 0 radical (unpaired) electrons. The van der Waals surface area contributed by atoms with E-state index in [4.69, 9.17) is 4.74 Å². The van der Waals surface area contributed by atoms with Crippen LogP contribution in [-0.2, 0) is 33.9 Å². The smallest absolute Gasteiger partial charge is 0.333 e. The Morgan fingerprint density at radius 3 is 2.62 bits per heavy atom. The number of thioether (sulfide) groups is 1. The van der Waals surface area contributed by atoms with E-state index in [-0.39, 0.29) is 31.2 Å². The van der Waals surface area contributed by atoms with Crippen LogP contribution in [0.1, 0.15) is 20.3 Å². The standard InChI is InChI=1S/C20H25FN2O7S2/c1-13(2)19(22-32(27,28)15-8-5-4-7-14(15)21)20(26)30-10-6-9-23-16(24)12-31-17(23)11-18(25)29-3/h4-5,7-8,11,13,19,22H,6,9-10,12H2,1-3H3/b17-11+/t19-/m0/s1. The van der Waals surface area contributed by atoms with Crippen LogP contribution < -0.4 is 4.72 Å². The maximum absolute atomic E-state index is 13.9. The second-order valence-electron chi connectivity index (χ2n) is 7.13. The molecule has 1 atom stereocenters. The minimum Gasteiger partial charge on any atom is -0.466 e. The lowest BCUT2D eigenvalue weighted by atomic mass is 10.1. The number of methoxy groups -OCH3 is 1. The number of sulfonamides is 1.